The minimum atomic E-state index is -1.61. The van der Waals surface area contributed by atoms with Gasteiger partial charge in [0.15, 0.2) is 0 Å². The first kappa shape index (κ1) is 19.9. The number of carboxylic acid groups (broad SMARTS) is 2. The Morgan fingerprint density at radius 1 is 1.00 bits per heavy atom. The number of ether oxygens (including phenoxy) is 1. The minimum Gasteiger partial charge on any atom is -0.489 e. The van der Waals surface area contributed by atoms with E-state index in [-0.39, 0.29) is 17.7 Å². The van der Waals surface area contributed by atoms with Crippen LogP contribution in [-0.4, -0.2) is 39.6 Å². The molecule has 0 bridgehead atoms. The number of nitrogens with two attached hydrogens (primary N) is 1. The topological polar surface area (TPSA) is 130 Å². The van der Waals surface area contributed by atoms with Crippen molar-refractivity contribution < 1.29 is 29.3 Å². The molecular formula is C19H20N2O6. The molecule has 0 aromatic heterocycles. The summed E-state index contributed by atoms with van der Waals surface area (Å²) in [7, 11) is 0. The van der Waals surface area contributed by atoms with Gasteiger partial charge in [0.25, 0.3) is 0 Å². The number of hydrogen-bond donors (Lipinski definition) is 3. The van der Waals surface area contributed by atoms with Crippen molar-refractivity contribution in [1.82, 2.24) is 4.90 Å². The number of rotatable bonds is 9. The SMILES string of the molecule is NCc1ccc(COc2ccc(C[C@@H](C(=O)O)N(C=O)C(=O)O)cc2)cc1. The Balaban J connectivity index is 1.99. The number of imide groups is 1. The Bertz CT molecular complexity index is 789. The van der Waals surface area contributed by atoms with Crippen LogP contribution in [0.1, 0.15) is 16.7 Å². The van der Waals surface area contributed by atoms with Crippen molar-refractivity contribution in [3.8, 4) is 5.75 Å². The fourth-order valence-electron chi connectivity index (χ4n) is 2.44. The first-order chi connectivity index (χ1) is 12.9. The molecular weight excluding hydrogens is 352 g/mol. The number of amides is 2. The van der Waals surface area contributed by atoms with Gasteiger partial charge in [0, 0.05) is 13.0 Å². The maximum absolute atomic E-state index is 11.3. The Hall–Kier alpha value is -3.39. The maximum atomic E-state index is 11.3. The quantitative estimate of drug-likeness (QED) is 0.573. The van der Waals surface area contributed by atoms with Crippen LogP contribution in [0.2, 0.25) is 0 Å². The highest BCUT2D eigenvalue weighted by Gasteiger charge is 2.29. The summed E-state index contributed by atoms with van der Waals surface area (Å²) in [6.07, 6.45) is -1.76. The Labute approximate surface area is 155 Å². The molecule has 8 heteroatoms. The van der Waals surface area contributed by atoms with Crippen molar-refractivity contribution in [3.63, 3.8) is 0 Å². The number of nitrogens with zero attached hydrogens (tertiary/aromatic N) is 1. The fraction of sp³-hybridized carbons (Fsp3) is 0.211. The van der Waals surface area contributed by atoms with Gasteiger partial charge >= 0.3 is 12.1 Å². The molecule has 0 saturated carbocycles. The normalized spacial score (nSPS) is 11.4. The fourth-order valence-corrected chi connectivity index (χ4v) is 2.44. The molecule has 0 unspecified atom stereocenters. The van der Waals surface area contributed by atoms with Crippen LogP contribution < -0.4 is 10.5 Å². The summed E-state index contributed by atoms with van der Waals surface area (Å²) in [5.41, 5.74) is 8.12. The molecule has 142 valence electrons. The average molecular weight is 372 g/mol. The molecule has 0 radical (unpaired) electrons. The van der Waals surface area contributed by atoms with E-state index in [2.05, 4.69) is 0 Å². The highest BCUT2D eigenvalue weighted by molar-refractivity contribution is 5.87. The summed E-state index contributed by atoms with van der Waals surface area (Å²) in [4.78, 5) is 33.4. The molecule has 0 spiro atoms. The third kappa shape index (κ3) is 5.55. The standard InChI is InChI=1S/C19H20N2O6/c20-10-14-1-3-15(4-2-14)11-27-16-7-5-13(6-8-16)9-17(18(23)24)21(12-22)19(25)26/h1-8,12,17H,9-11,20H2,(H,23,24)(H,25,26)/t17-/m0/s1. The Morgan fingerprint density at radius 2 is 1.56 bits per heavy atom. The van der Waals surface area contributed by atoms with E-state index >= 15 is 0 Å². The lowest BCUT2D eigenvalue weighted by Crippen LogP contribution is -2.44. The second kappa shape index (κ2) is 9.35. The summed E-state index contributed by atoms with van der Waals surface area (Å²) in [5, 5.41) is 18.1. The molecule has 2 rings (SSSR count). The van der Waals surface area contributed by atoms with Crippen molar-refractivity contribution >= 4 is 18.5 Å². The molecule has 0 saturated heterocycles. The van der Waals surface area contributed by atoms with E-state index < -0.39 is 18.1 Å². The van der Waals surface area contributed by atoms with E-state index in [9.17, 15) is 19.5 Å². The first-order valence-electron chi connectivity index (χ1n) is 8.13. The van der Waals surface area contributed by atoms with Crippen LogP contribution in [0.5, 0.6) is 5.75 Å². The van der Waals surface area contributed by atoms with Crippen molar-refractivity contribution in [2.75, 3.05) is 0 Å². The third-order valence-electron chi connectivity index (χ3n) is 3.97. The molecule has 27 heavy (non-hydrogen) atoms. The van der Waals surface area contributed by atoms with E-state index in [4.69, 9.17) is 15.6 Å². The van der Waals surface area contributed by atoms with Gasteiger partial charge in [-0.05, 0) is 28.8 Å². The number of hydrogen-bond acceptors (Lipinski definition) is 5. The molecule has 2 aromatic carbocycles. The monoisotopic (exact) mass is 372 g/mol. The molecule has 1 atom stereocenters. The Kier molecular flexibility index (Phi) is 6.90. The van der Waals surface area contributed by atoms with E-state index in [1.54, 1.807) is 24.3 Å². The highest BCUT2D eigenvalue weighted by atomic mass is 16.5. The summed E-state index contributed by atoms with van der Waals surface area (Å²) in [6.45, 7) is 0.837. The third-order valence-corrected chi connectivity index (χ3v) is 3.97. The van der Waals surface area contributed by atoms with Gasteiger partial charge in [0.05, 0.1) is 0 Å². The number of carbonyl (C=O) groups is 3. The lowest BCUT2D eigenvalue weighted by atomic mass is 10.1. The van der Waals surface area contributed by atoms with Gasteiger partial charge in [0.1, 0.15) is 18.4 Å². The zero-order valence-electron chi connectivity index (χ0n) is 14.4. The zero-order valence-corrected chi connectivity index (χ0v) is 14.4. The molecule has 2 aromatic rings. The molecule has 8 nitrogen and oxygen atoms in total. The summed E-state index contributed by atoms with van der Waals surface area (Å²) < 4.78 is 5.67. The van der Waals surface area contributed by atoms with Crippen molar-refractivity contribution in [2.45, 2.75) is 25.6 Å². The molecule has 0 aliphatic rings. The van der Waals surface area contributed by atoms with Crippen LogP contribution in [0, 0.1) is 0 Å². The molecule has 0 heterocycles. The van der Waals surface area contributed by atoms with Gasteiger partial charge in [-0.25, -0.2) is 14.5 Å². The van der Waals surface area contributed by atoms with Crippen LogP contribution >= 0.6 is 0 Å². The van der Waals surface area contributed by atoms with Gasteiger partial charge in [-0.15, -0.1) is 0 Å². The summed E-state index contributed by atoms with van der Waals surface area (Å²) in [5.74, 6) is -0.815. The number of benzene rings is 2. The number of aliphatic carboxylic acids is 1. The molecule has 2 amide bonds. The second-order valence-electron chi connectivity index (χ2n) is 5.81. The maximum Gasteiger partial charge on any atom is 0.414 e. The van der Waals surface area contributed by atoms with Crippen LogP contribution in [0.15, 0.2) is 48.5 Å². The summed E-state index contributed by atoms with van der Waals surface area (Å²) in [6, 6.07) is 12.8. The Morgan fingerprint density at radius 3 is 2.04 bits per heavy atom. The van der Waals surface area contributed by atoms with Gasteiger partial charge in [0.2, 0.25) is 6.41 Å². The van der Waals surface area contributed by atoms with Crippen LogP contribution in [0.4, 0.5) is 4.79 Å². The van der Waals surface area contributed by atoms with E-state index in [1.807, 2.05) is 24.3 Å². The van der Waals surface area contributed by atoms with Crippen molar-refractivity contribution in [3.05, 3.63) is 65.2 Å². The number of carbonyl (C=O) groups excluding carboxylic acids is 1. The highest BCUT2D eigenvalue weighted by Crippen LogP contribution is 2.17. The van der Waals surface area contributed by atoms with Gasteiger partial charge in [-0.2, -0.15) is 0 Å². The zero-order chi connectivity index (χ0) is 19.8. The van der Waals surface area contributed by atoms with Gasteiger partial charge in [-0.1, -0.05) is 36.4 Å². The minimum absolute atomic E-state index is 0.00542. The second-order valence-corrected chi connectivity index (χ2v) is 5.81. The van der Waals surface area contributed by atoms with Crippen LogP contribution in [0.25, 0.3) is 0 Å². The predicted octanol–water partition coefficient (Wildman–Crippen LogP) is 1.86. The molecule has 0 fully saturated rings. The van der Waals surface area contributed by atoms with Crippen LogP contribution in [-0.2, 0) is 29.2 Å². The van der Waals surface area contributed by atoms with E-state index in [0.29, 0.717) is 24.5 Å². The first-order valence-corrected chi connectivity index (χ1v) is 8.13. The average Bonchev–Trinajstić information content (AvgIpc) is 2.67. The lowest BCUT2D eigenvalue weighted by molar-refractivity contribution is -0.145. The summed E-state index contributed by atoms with van der Waals surface area (Å²) >= 11 is 0. The lowest BCUT2D eigenvalue weighted by Gasteiger charge is -2.20. The number of carboxylic acids is 1. The smallest absolute Gasteiger partial charge is 0.414 e. The molecule has 0 aliphatic carbocycles. The molecule has 0 aliphatic heterocycles. The van der Waals surface area contributed by atoms with Crippen molar-refractivity contribution in [1.29, 1.82) is 0 Å². The molecule has 4 N–H and O–H groups in total. The largest absolute Gasteiger partial charge is 0.489 e. The van der Waals surface area contributed by atoms with E-state index in [0.717, 1.165) is 11.1 Å². The van der Waals surface area contributed by atoms with E-state index in [1.165, 1.54) is 0 Å². The van der Waals surface area contributed by atoms with Gasteiger partial charge < -0.3 is 20.7 Å². The van der Waals surface area contributed by atoms with Crippen LogP contribution in [0.3, 0.4) is 0 Å². The van der Waals surface area contributed by atoms with Crippen molar-refractivity contribution in [2.24, 2.45) is 5.73 Å². The van der Waals surface area contributed by atoms with Gasteiger partial charge in [-0.3, -0.25) is 4.79 Å². The predicted molar refractivity (Wildman–Crippen MR) is 96.2 cm³/mol.